The number of nitrogens with one attached hydrogen (secondary N) is 2. The Balaban J connectivity index is 2.26. The molecular formula is C12H21N7O. The largest absolute Gasteiger partial charge is 0.354 e. The second-order valence-corrected chi connectivity index (χ2v) is 4.77. The van der Waals surface area contributed by atoms with E-state index in [0.717, 1.165) is 6.54 Å². The summed E-state index contributed by atoms with van der Waals surface area (Å²) in [4.78, 5) is 28.5. The first-order valence-corrected chi connectivity index (χ1v) is 6.79. The molecule has 110 valence electrons. The monoisotopic (exact) mass is 279 g/mol. The average Bonchev–Trinajstić information content (AvgIpc) is 2.63. The van der Waals surface area contributed by atoms with Crippen LogP contribution < -0.4 is 20.4 Å². The maximum Gasteiger partial charge on any atom is 0.232 e. The van der Waals surface area contributed by atoms with E-state index < -0.39 is 0 Å². The molecule has 0 radical (unpaired) electrons. The van der Waals surface area contributed by atoms with Gasteiger partial charge in [-0.25, -0.2) is 0 Å². The smallest absolute Gasteiger partial charge is 0.232 e. The van der Waals surface area contributed by atoms with Crippen LogP contribution in [0.1, 0.15) is 13.3 Å². The summed E-state index contributed by atoms with van der Waals surface area (Å²) in [5.41, 5.74) is 0. The second-order valence-electron chi connectivity index (χ2n) is 4.77. The molecule has 8 nitrogen and oxygen atoms in total. The van der Waals surface area contributed by atoms with Crippen molar-refractivity contribution in [2.75, 3.05) is 55.4 Å². The van der Waals surface area contributed by atoms with Gasteiger partial charge in [0.2, 0.25) is 23.8 Å². The summed E-state index contributed by atoms with van der Waals surface area (Å²) >= 11 is 0. The summed E-state index contributed by atoms with van der Waals surface area (Å²) in [5, 5.41) is 5.95. The van der Waals surface area contributed by atoms with Gasteiger partial charge >= 0.3 is 0 Å². The molecule has 2 heterocycles. The van der Waals surface area contributed by atoms with Crippen molar-refractivity contribution in [3.05, 3.63) is 0 Å². The van der Waals surface area contributed by atoms with Gasteiger partial charge in [0, 0.05) is 46.7 Å². The third-order valence-corrected chi connectivity index (χ3v) is 2.94. The fourth-order valence-electron chi connectivity index (χ4n) is 1.90. The first kappa shape index (κ1) is 14.3. The summed E-state index contributed by atoms with van der Waals surface area (Å²) in [6.07, 6.45) is 0.458. The number of amides is 1. The molecule has 0 unspecified atom stereocenters. The van der Waals surface area contributed by atoms with Gasteiger partial charge in [0.25, 0.3) is 0 Å². The van der Waals surface area contributed by atoms with Gasteiger partial charge in [0.05, 0.1) is 0 Å². The van der Waals surface area contributed by atoms with E-state index in [4.69, 9.17) is 0 Å². The Labute approximate surface area is 118 Å². The van der Waals surface area contributed by atoms with E-state index in [1.54, 1.807) is 0 Å². The number of rotatable bonds is 4. The van der Waals surface area contributed by atoms with Crippen LogP contribution in [0.4, 0.5) is 17.8 Å². The van der Waals surface area contributed by atoms with E-state index in [0.29, 0.717) is 43.9 Å². The molecular weight excluding hydrogens is 258 g/mol. The number of anilines is 3. The zero-order chi connectivity index (χ0) is 14.5. The van der Waals surface area contributed by atoms with Crippen molar-refractivity contribution in [2.24, 2.45) is 0 Å². The van der Waals surface area contributed by atoms with E-state index in [2.05, 4.69) is 25.6 Å². The fourth-order valence-corrected chi connectivity index (χ4v) is 1.90. The van der Waals surface area contributed by atoms with Crippen LogP contribution >= 0.6 is 0 Å². The summed E-state index contributed by atoms with van der Waals surface area (Å²) < 4.78 is 0. The van der Waals surface area contributed by atoms with Gasteiger partial charge in [-0.1, -0.05) is 0 Å². The minimum absolute atomic E-state index is 0.0706. The number of aromatic nitrogens is 3. The molecule has 1 aliphatic heterocycles. The molecule has 0 aliphatic carbocycles. The fraction of sp³-hybridized carbons (Fsp3) is 0.667. The molecule has 1 fully saturated rings. The maximum absolute atomic E-state index is 11.4. The van der Waals surface area contributed by atoms with Crippen LogP contribution in [0.15, 0.2) is 0 Å². The zero-order valence-corrected chi connectivity index (χ0v) is 12.2. The van der Waals surface area contributed by atoms with E-state index in [9.17, 15) is 4.79 Å². The van der Waals surface area contributed by atoms with Gasteiger partial charge < -0.3 is 20.4 Å². The molecule has 0 bridgehead atoms. The van der Waals surface area contributed by atoms with Gasteiger partial charge in [-0.15, -0.1) is 0 Å². The number of hydrogen-bond donors (Lipinski definition) is 2. The molecule has 0 saturated carbocycles. The second kappa shape index (κ2) is 6.36. The highest BCUT2D eigenvalue weighted by Gasteiger charge is 2.18. The minimum atomic E-state index is 0.0706. The third-order valence-electron chi connectivity index (χ3n) is 2.94. The molecule has 20 heavy (non-hydrogen) atoms. The van der Waals surface area contributed by atoms with Crippen molar-refractivity contribution in [1.29, 1.82) is 0 Å². The molecule has 0 aromatic carbocycles. The topological polar surface area (TPSA) is 86.3 Å². The van der Waals surface area contributed by atoms with Crippen LogP contribution in [-0.2, 0) is 4.79 Å². The van der Waals surface area contributed by atoms with Gasteiger partial charge in [-0.2, -0.15) is 15.0 Å². The molecule has 2 rings (SSSR count). The van der Waals surface area contributed by atoms with E-state index in [-0.39, 0.29) is 5.91 Å². The Morgan fingerprint density at radius 2 is 2.10 bits per heavy atom. The van der Waals surface area contributed by atoms with Gasteiger partial charge in [0.1, 0.15) is 0 Å². The van der Waals surface area contributed by atoms with Crippen LogP contribution in [0.3, 0.4) is 0 Å². The Morgan fingerprint density at radius 3 is 2.80 bits per heavy atom. The van der Waals surface area contributed by atoms with Gasteiger partial charge in [0.15, 0.2) is 0 Å². The zero-order valence-electron chi connectivity index (χ0n) is 12.2. The number of carbonyl (C=O) groups is 1. The predicted octanol–water partition coefficient (Wildman–Crippen LogP) is -0.304. The molecule has 1 aromatic rings. The molecule has 1 saturated heterocycles. The quantitative estimate of drug-likeness (QED) is 0.782. The summed E-state index contributed by atoms with van der Waals surface area (Å²) in [6.45, 7) is 4.67. The van der Waals surface area contributed by atoms with E-state index in [1.165, 1.54) is 0 Å². The Hall–Kier alpha value is -2.12. The van der Waals surface area contributed by atoms with Crippen molar-refractivity contribution in [1.82, 2.24) is 20.3 Å². The first-order chi connectivity index (χ1) is 9.60. The lowest BCUT2D eigenvalue weighted by atomic mass is 10.4. The Kier molecular flexibility index (Phi) is 4.54. The average molecular weight is 279 g/mol. The molecule has 0 spiro atoms. The van der Waals surface area contributed by atoms with Gasteiger partial charge in [-0.05, 0) is 6.92 Å². The van der Waals surface area contributed by atoms with Crippen molar-refractivity contribution in [3.63, 3.8) is 0 Å². The molecule has 2 N–H and O–H groups in total. The lowest BCUT2D eigenvalue weighted by Gasteiger charge is -2.21. The number of carbonyl (C=O) groups excluding carboxylic acids is 1. The predicted molar refractivity (Wildman–Crippen MR) is 78.2 cm³/mol. The highest BCUT2D eigenvalue weighted by atomic mass is 16.1. The number of hydrogen-bond acceptors (Lipinski definition) is 7. The summed E-state index contributed by atoms with van der Waals surface area (Å²) in [6, 6.07) is 0. The van der Waals surface area contributed by atoms with Crippen molar-refractivity contribution < 1.29 is 4.79 Å². The lowest BCUT2D eigenvalue weighted by Crippen LogP contribution is -2.30. The highest BCUT2D eigenvalue weighted by molar-refractivity contribution is 5.77. The SMILES string of the molecule is CCNc1nc(N(C)C)nc(N2CCNC(=O)CC2)n1. The molecule has 1 aromatic heterocycles. The van der Waals surface area contributed by atoms with Crippen molar-refractivity contribution in [3.8, 4) is 0 Å². The molecule has 8 heteroatoms. The van der Waals surface area contributed by atoms with Gasteiger partial charge in [-0.3, -0.25) is 4.79 Å². The van der Waals surface area contributed by atoms with Crippen LogP contribution in [0.2, 0.25) is 0 Å². The first-order valence-electron chi connectivity index (χ1n) is 6.79. The van der Waals surface area contributed by atoms with Crippen LogP contribution in [-0.4, -0.2) is 61.1 Å². The lowest BCUT2D eigenvalue weighted by molar-refractivity contribution is -0.120. The minimum Gasteiger partial charge on any atom is -0.354 e. The molecule has 1 aliphatic rings. The summed E-state index contributed by atoms with van der Waals surface area (Å²) in [5.74, 6) is 1.84. The third kappa shape index (κ3) is 3.46. The summed E-state index contributed by atoms with van der Waals surface area (Å²) in [7, 11) is 3.78. The highest BCUT2D eigenvalue weighted by Crippen LogP contribution is 2.16. The Bertz CT molecular complexity index is 477. The maximum atomic E-state index is 11.4. The standard InChI is InChI=1S/C12H21N7O/c1-4-13-10-15-11(18(2)3)17-12(16-10)19-7-5-9(20)14-6-8-19/h4-8H2,1-3H3,(H,14,20)(H,13,15,16,17). The normalized spacial score (nSPS) is 15.6. The van der Waals surface area contributed by atoms with E-state index in [1.807, 2.05) is 30.8 Å². The number of nitrogens with zero attached hydrogens (tertiary/aromatic N) is 5. The molecule has 1 amide bonds. The van der Waals surface area contributed by atoms with Crippen LogP contribution in [0.25, 0.3) is 0 Å². The van der Waals surface area contributed by atoms with E-state index >= 15 is 0 Å². The molecule has 0 atom stereocenters. The van der Waals surface area contributed by atoms with Crippen LogP contribution in [0, 0.1) is 0 Å². The van der Waals surface area contributed by atoms with Crippen molar-refractivity contribution >= 4 is 23.8 Å². The Morgan fingerprint density at radius 1 is 1.30 bits per heavy atom. The van der Waals surface area contributed by atoms with Crippen LogP contribution in [0.5, 0.6) is 0 Å². The van der Waals surface area contributed by atoms with Crippen molar-refractivity contribution in [2.45, 2.75) is 13.3 Å².